The Labute approximate surface area is 204 Å². The zero-order valence-electron chi connectivity index (χ0n) is 20.0. The molecule has 0 aromatic heterocycles. The minimum Gasteiger partial charge on any atom is -0.315 e. The van der Waals surface area contributed by atoms with E-state index in [2.05, 4.69) is 10.6 Å². The van der Waals surface area contributed by atoms with Crippen molar-refractivity contribution in [3.05, 3.63) is 59.7 Å². The van der Waals surface area contributed by atoms with Gasteiger partial charge in [-0.2, -0.15) is 8.61 Å². The molecule has 1 saturated heterocycles. The lowest BCUT2D eigenvalue weighted by atomic mass is 10.2. The van der Waals surface area contributed by atoms with Gasteiger partial charge in [-0.1, -0.05) is 35.4 Å². The summed E-state index contributed by atoms with van der Waals surface area (Å²) in [6.07, 6.45) is 1.53. The molecular formula is C24H36N4O4S2. The molecule has 3 rings (SSSR count). The highest BCUT2D eigenvalue weighted by Gasteiger charge is 2.25. The number of hydrogen-bond acceptors (Lipinski definition) is 6. The number of sulfonamides is 2. The maximum Gasteiger partial charge on any atom is 0.243 e. The molecule has 0 unspecified atom stereocenters. The van der Waals surface area contributed by atoms with Gasteiger partial charge >= 0.3 is 0 Å². The normalized spacial score (nSPS) is 18.9. The van der Waals surface area contributed by atoms with Crippen molar-refractivity contribution < 1.29 is 16.8 Å². The second-order valence-corrected chi connectivity index (χ2v) is 12.5. The lowest BCUT2D eigenvalue weighted by molar-refractivity contribution is 0.366. The van der Waals surface area contributed by atoms with Crippen LogP contribution in [0.25, 0.3) is 0 Å². The van der Waals surface area contributed by atoms with E-state index in [1.165, 1.54) is 8.61 Å². The van der Waals surface area contributed by atoms with E-state index >= 15 is 0 Å². The highest BCUT2D eigenvalue weighted by Crippen LogP contribution is 2.18. The molecule has 0 aliphatic carbocycles. The smallest absolute Gasteiger partial charge is 0.243 e. The van der Waals surface area contributed by atoms with Crippen LogP contribution < -0.4 is 10.6 Å². The summed E-state index contributed by atoms with van der Waals surface area (Å²) in [4.78, 5) is 0.585. The molecule has 1 aliphatic rings. The first-order chi connectivity index (χ1) is 16.2. The predicted molar refractivity (Wildman–Crippen MR) is 135 cm³/mol. The van der Waals surface area contributed by atoms with E-state index in [1.54, 1.807) is 36.4 Å². The second-order valence-electron chi connectivity index (χ2n) is 8.64. The van der Waals surface area contributed by atoms with E-state index < -0.39 is 20.0 Å². The molecule has 2 N–H and O–H groups in total. The van der Waals surface area contributed by atoms with E-state index in [1.807, 2.05) is 26.0 Å². The van der Waals surface area contributed by atoms with Crippen LogP contribution in [0.3, 0.4) is 0 Å². The summed E-state index contributed by atoms with van der Waals surface area (Å²) < 4.78 is 55.8. The van der Waals surface area contributed by atoms with Crippen molar-refractivity contribution in [2.24, 2.45) is 0 Å². The highest BCUT2D eigenvalue weighted by molar-refractivity contribution is 7.89. The molecule has 188 valence electrons. The number of hydrogen-bond donors (Lipinski definition) is 2. The zero-order chi connectivity index (χ0) is 24.6. The monoisotopic (exact) mass is 508 g/mol. The molecule has 1 heterocycles. The Hall–Kier alpha value is -1.82. The van der Waals surface area contributed by atoms with Gasteiger partial charge in [0.05, 0.1) is 9.79 Å². The molecule has 0 saturated carbocycles. The molecule has 2 aromatic rings. The van der Waals surface area contributed by atoms with Crippen LogP contribution in [0.4, 0.5) is 0 Å². The Kier molecular flexibility index (Phi) is 9.64. The first-order valence-corrected chi connectivity index (χ1v) is 14.6. The van der Waals surface area contributed by atoms with Gasteiger partial charge in [-0.15, -0.1) is 0 Å². The third-order valence-electron chi connectivity index (χ3n) is 5.94. The Morgan fingerprint density at radius 2 is 0.941 bits per heavy atom. The largest absolute Gasteiger partial charge is 0.315 e. The SMILES string of the molecule is Cc1ccc(S(=O)(=O)N2CCCCNCCN(S(=O)(=O)c3ccc(C)cc3)CCNCC2)cc1. The summed E-state index contributed by atoms with van der Waals surface area (Å²) in [5, 5.41) is 6.53. The molecule has 34 heavy (non-hydrogen) atoms. The molecule has 1 fully saturated rings. The van der Waals surface area contributed by atoms with Crippen molar-refractivity contribution in [3.63, 3.8) is 0 Å². The van der Waals surface area contributed by atoms with Crippen molar-refractivity contribution in [2.75, 3.05) is 52.4 Å². The molecule has 2 aromatic carbocycles. The van der Waals surface area contributed by atoms with Crippen LogP contribution in [0.5, 0.6) is 0 Å². The first-order valence-electron chi connectivity index (χ1n) is 11.8. The fraction of sp³-hybridized carbons (Fsp3) is 0.500. The number of aryl methyl sites for hydroxylation is 2. The van der Waals surface area contributed by atoms with Crippen LogP contribution in [0.1, 0.15) is 24.0 Å². The number of nitrogens with one attached hydrogen (secondary N) is 2. The Bertz CT molecular complexity index is 1030. The van der Waals surface area contributed by atoms with Gasteiger partial charge in [0.25, 0.3) is 0 Å². The molecule has 10 heteroatoms. The summed E-state index contributed by atoms with van der Waals surface area (Å²) in [6, 6.07) is 13.8. The van der Waals surface area contributed by atoms with Gasteiger partial charge in [0.2, 0.25) is 20.0 Å². The van der Waals surface area contributed by atoms with Gasteiger partial charge in [0.1, 0.15) is 0 Å². The molecule has 1 aliphatic heterocycles. The fourth-order valence-electron chi connectivity index (χ4n) is 3.82. The Morgan fingerprint density at radius 3 is 1.38 bits per heavy atom. The van der Waals surface area contributed by atoms with E-state index in [9.17, 15) is 16.8 Å². The molecule has 0 spiro atoms. The Morgan fingerprint density at radius 1 is 0.559 bits per heavy atom. The van der Waals surface area contributed by atoms with Crippen molar-refractivity contribution in [3.8, 4) is 0 Å². The van der Waals surface area contributed by atoms with Gasteiger partial charge in [0.15, 0.2) is 0 Å². The summed E-state index contributed by atoms with van der Waals surface area (Å²) >= 11 is 0. The third kappa shape index (κ3) is 7.10. The van der Waals surface area contributed by atoms with Crippen molar-refractivity contribution >= 4 is 20.0 Å². The standard InChI is InChI=1S/C24H36N4O4S2/c1-21-5-9-23(10-6-21)33(29,30)27-17-4-3-13-25-14-19-28(20-16-26-15-18-27)34(31,32)24-11-7-22(2)8-12-24/h5-12,25-26H,3-4,13-20H2,1-2H3. The van der Waals surface area contributed by atoms with Crippen molar-refractivity contribution in [1.82, 2.24) is 19.2 Å². The van der Waals surface area contributed by atoms with Crippen LogP contribution in [0, 0.1) is 13.8 Å². The number of benzene rings is 2. The molecule has 0 bridgehead atoms. The summed E-state index contributed by atoms with van der Waals surface area (Å²) in [7, 11) is -7.20. The zero-order valence-corrected chi connectivity index (χ0v) is 21.7. The molecule has 8 nitrogen and oxygen atoms in total. The van der Waals surface area contributed by atoms with Gasteiger partial charge in [0, 0.05) is 45.8 Å². The summed E-state index contributed by atoms with van der Waals surface area (Å²) in [6.45, 7) is 7.44. The van der Waals surface area contributed by atoms with E-state index in [4.69, 9.17) is 0 Å². The second kappa shape index (κ2) is 12.2. The molecule has 0 atom stereocenters. The molecule has 0 amide bonds. The topological polar surface area (TPSA) is 98.8 Å². The van der Waals surface area contributed by atoms with Crippen molar-refractivity contribution in [2.45, 2.75) is 36.5 Å². The van der Waals surface area contributed by atoms with Gasteiger partial charge in [-0.25, -0.2) is 16.8 Å². The van der Waals surface area contributed by atoms with Gasteiger partial charge < -0.3 is 10.6 Å². The van der Waals surface area contributed by atoms with Crippen LogP contribution in [0.2, 0.25) is 0 Å². The minimum absolute atomic E-state index is 0.287. The highest BCUT2D eigenvalue weighted by atomic mass is 32.2. The maximum absolute atomic E-state index is 13.2. The lowest BCUT2D eigenvalue weighted by Gasteiger charge is -2.25. The van der Waals surface area contributed by atoms with Crippen LogP contribution in [0.15, 0.2) is 58.3 Å². The quantitative estimate of drug-likeness (QED) is 0.655. The van der Waals surface area contributed by atoms with Crippen LogP contribution in [-0.2, 0) is 20.0 Å². The lowest BCUT2D eigenvalue weighted by Crippen LogP contribution is -2.43. The molecule has 0 radical (unpaired) electrons. The minimum atomic E-state index is -3.61. The Balaban J connectivity index is 1.68. The number of nitrogens with zero attached hydrogens (tertiary/aromatic N) is 2. The van der Waals surface area contributed by atoms with Gasteiger partial charge in [-0.3, -0.25) is 0 Å². The summed E-state index contributed by atoms with van der Waals surface area (Å²) in [5.74, 6) is 0. The van der Waals surface area contributed by atoms with Gasteiger partial charge in [-0.05, 0) is 57.5 Å². The van der Waals surface area contributed by atoms with Crippen LogP contribution >= 0.6 is 0 Å². The average Bonchev–Trinajstić information content (AvgIpc) is 2.80. The summed E-state index contributed by atoms with van der Waals surface area (Å²) in [5.41, 5.74) is 2.02. The maximum atomic E-state index is 13.2. The third-order valence-corrected chi connectivity index (χ3v) is 9.77. The van der Waals surface area contributed by atoms with E-state index in [0.29, 0.717) is 57.3 Å². The van der Waals surface area contributed by atoms with Crippen molar-refractivity contribution in [1.29, 1.82) is 0 Å². The van der Waals surface area contributed by atoms with Crippen LogP contribution in [-0.4, -0.2) is 77.8 Å². The predicted octanol–water partition coefficient (Wildman–Crippen LogP) is 1.96. The van der Waals surface area contributed by atoms with E-state index in [0.717, 1.165) is 24.0 Å². The number of rotatable bonds is 4. The first kappa shape index (κ1) is 26.8. The average molecular weight is 509 g/mol. The van der Waals surface area contributed by atoms with E-state index in [-0.39, 0.29) is 4.90 Å². The fourth-order valence-corrected chi connectivity index (χ4v) is 6.74. The molecular weight excluding hydrogens is 472 g/mol.